The molecule has 0 N–H and O–H groups in total. The highest BCUT2D eigenvalue weighted by molar-refractivity contribution is 5.76. The smallest absolute Gasteiger partial charge is 0.130 e. The summed E-state index contributed by atoms with van der Waals surface area (Å²) in [5, 5.41) is 0. The average molecular weight is 325 g/mol. The Balaban J connectivity index is 0.000000307. The Morgan fingerprint density at radius 1 is 0.917 bits per heavy atom. The standard InChI is InChI=1S/C16H18.C7H14O/c1-13-8-10-16(14(2)12-13)11-9-15-6-4-3-5-7-15;1-6(8)5-7(2,3)4/h3-8,10,12H,9,11H2,1-2H3;5H2,1-4H3. The van der Waals surface area contributed by atoms with Crippen LogP contribution < -0.4 is 0 Å². The van der Waals surface area contributed by atoms with Crippen molar-refractivity contribution in [1.82, 2.24) is 0 Å². The number of ketones is 1. The fraction of sp³-hybridized carbons (Fsp3) is 0.435. The highest BCUT2D eigenvalue weighted by Crippen LogP contribution is 2.18. The Labute approximate surface area is 148 Å². The Hall–Kier alpha value is -1.89. The van der Waals surface area contributed by atoms with Crippen molar-refractivity contribution in [2.24, 2.45) is 5.41 Å². The summed E-state index contributed by atoms with van der Waals surface area (Å²) in [7, 11) is 0. The van der Waals surface area contributed by atoms with Gasteiger partial charge >= 0.3 is 0 Å². The molecule has 0 radical (unpaired) electrons. The SMILES string of the molecule is CC(=O)CC(C)(C)C.Cc1ccc(CCc2ccccc2)c(C)c1. The zero-order valence-electron chi connectivity index (χ0n) is 16.1. The summed E-state index contributed by atoms with van der Waals surface area (Å²) < 4.78 is 0. The average Bonchev–Trinajstić information content (AvgIpc) is 2.45. The van der Waals surface area contributed by atoms with Crippen molar-refractivity contribution in [1.29, 1.82) is 0 Å². The van der Waals surface area contributed by atoms with Gasteiger partial charge in [0, 0.05) is 6.42 Å². The molecule has 0 unspecified atom stereocenters. The monoisotopic (exact) mass is 324 g/mol. The number of carbonyl (C=O) groups excluding carboxylic acids is 1. The van der Waals surface area contributed by atoms with E-state index in [2.05, 4.69) is 83.1 Å². The zero-order chi connectivity index (χ0) is 18.2. The van der Waals surface area contributed by atoms with Crippen LogP contribution in [0.5, 0.6) is 0 Å². The second-order valence-electron chi connectivity index (χ2n) is 7.85. The first-order valence-electron chi connectivity index (χ1n) is 8.77. The van der Waals surface area contributed by atoms with Crippen molar-refractivity contribution in [3.05, 3.63) is 70.8 Å². The first kappa shape index (κ1) is 20.2. The third kappa shape index (κ3) is 8.67. The van der Waals surface area contributed by atoms with Gasteiger partial charge < -0.3 is 4.79 Å². The lowest BCUT2D eigenvalue weighted by atomic mass is 9.91. The molecule has 0 spiro atoms. The fourth-order valence-corrected chi connectivity index (χ4v) is 2.80. The highest BCUT2D eigenvalue weighted by Gasteiger charge is 2.11. The van der Waals surface area contributed by atoms with Crippen LogP contribution in [0.25, 0.3) is 0 Å². The van der Waals surface area contributed by atoms with Crippen LogP contribution in [0.15, 0.2) is 48.5 Å². The molecule has 2 rings (SSSR count). The summed E-state index contributed by atoms with van der Waals surface area (Å²) in [4.78, 5) is 10.5. The highest BCUT2D eigenvalue weighted by atomic mass is 16.1. The van der Waals surface area contributed by atoms with E-state index in [4.69, 9.17) is 0 Å². The molecule has 0 aliphatic carbocycles. The van der Waals surface area contributed by atoms with Gasteiger partial charge in [-0.05, 0) is 55.7 Å². The van der Waals surface area contributed by atoms with Crippen molar-refractivity contribution in [2.45, 2.75) is 60.8 Å². The van der Waals surface area contributed by atoms with Gasteiger partial charge in [-0.2, -0.15) is 0 Å². The summed E-state index contributed by atoms with van der Waals surface area (Å²) >= 11 is 0. The maximum atomic E-state index is 10.5. The van der Waals surface area contributed by atoms with E-state index < -0.39 is 0 Å². The van der Waals surface area contributed by atoms with Crippen LogP contribution in [0.3, 0.4) is 0 Å². The van der Waals surface area contributed by atoms with Crippen LogP contribution in [0, 0.1) is 19.3 Å². The topological polar surface area (TPSA) is 17.1 Å². The van der Waals surface area contributed by atoms with E-state index in [1.165, 1.54) is 22.3 Å². The number of Topliss-reactive ketones (excluding diaryl/α,β-unsaturated/α-hetero) is 1. The number of carbonyl (C=O) groups is 1. The van der Waals surface area contributed by atoms with Gasteiger partial charge in [0.2, 0.25) is 0 Å². The molecular weight excluding hydrogens is 292 g/mol. The number of aryl methyl sites for hydroxylation is 4. The van der Waals surface area contributed by atoms with Gasteiger partial charge in [-0.25, -0.2) is 0 Å². The van der Waals surface area contributed by atoms with Crippen LogP contribution in [-0.2, 0) is 17.6 Å². The lowest BCUT2D eigenvalue weighted by molar-refractivity contribution is -0.118. The first-order chi connectivity index (χ1) is 11.2. The number of hydrogen-bond donors (Lipinski definition) is 0. The normalized spacial score (nSPS) is 10.8. The minimum absolute atomic E-state index is 0.172. The molecule has 1 nitrogen and oxygen atoms in total. The quantitative estimate of drug-likeness (QED) is 0.664. The van der Waals surface area contributed by atoms with Crippen LogP contribution in [-0.4, -0.2) is 5.78 Å². The molecule has 1 heteroatoms. The third-order valence-corrected chi connectivity index (χ3v) is 3.80. The van der Waals surface area contributed by atoms with Gasteiger partial charge in [-0.1, -0.05) is 74.9 Å². The molecule has 0 bridgehead atoms. The third-order valence-electron chi connectivity index (χ3n) is 3.80. The molecule has 0 saturated carbocycles. The Kier molecular flexibility index (Phi) is 7.91. The van der Waals surface area contributed by atoms with Gasteiger partial charge in [0.15, 0.2) is 0 Å². The molecular formula is C23H32O. The second-order valence-corrected chi connectivity index (χ2v) is 7.85. The molecule has 0 heterocycles. The summed E-state index contributed by atoms with van der Waals surface area (Å²) in [5.74, 6) is 0.275. The predicted octanol–water partition coefficient (Wildman–Crippen LogP) is 6.10. The number of benzene rings is 2. The van der Waals surface area contributed by atoms with Crippen LogP contribution >= 0.6 is 0 Å². The zero-order valence-corrected chi connectivity index (χ0v) is 16.1. The van der Waals surface area contributed by atoms with E-state index >= 15 is 0 Å². The van der Waals surface area contributed by atoms with Crippen molar-refractivity contribution in [2.75, 3.05) is 0 Å². The molecule has 0 amide bonds. The maximum absolute atomic E-state index is 10.5. The van der Waals surface area contributed by atoms with Crippen molar-refractivity contribution in [3.8, 4) is 0 Å². The Bertz CT molecular complexity index is 633. The molecule has 0 saturated heterocycles. The van der Waals surface area contributed by atoms with E-state index in [0.29, 0.717) is 6.42 Å². The van der Waals surface area contributed by atoms with Crippen molar-refractivity contribution < 1.29 is 4.79 Å². The lowest BCUT2D eigenvalue weighted by Gasteiger charge is -2.14. The first-order valence-corrected chi connectivity index (χ1v) is 8.77. The predicted molar refractivity (Wildman–Crippen MR) is 105 cm³/mol. The van der Waals surface area contributed by atoms with Gasteiger partial charge in [0.05, 0.1) is 0 Å². The molecule has 2 aromatic rings. The minimum Gasteiger partial charge on any atom is -0.300 e. The lowest BCUT2D eigenvalue weighted by Crippen LogP contribution is -2.09. The Morgan fingerprint density at radius 2 is 1.54 bits per heavy atom. The number of rotatable bonds is 4. The van der Waals surface area contributed by atoms with E-state index in [1.54, 1.807) is 6.92 Å². The van der Waals surface area contributed by atoms with Gasteiger partial charge in [0.1, 0.15) is 5.78 Å². The van der Waals surface area contributed by atoms with Crippen LogP contribution in [0.2, 0.25) is 0 Å². The summed E-state index contributed by atoms with van der Waals surface area (Å²) in [6, 6.07) is 17.4. The van der Waals surface area contributed by atoms with E-state index in [9.17, 15) is 4.79 Å². The molecule has 2 aromatic carbocycles. The fourth-order valence-electron chi connectivity index (χ4n) is 2.80. The van der Waals surface area contributed by atoms with Gasteiger partial charge in [-0.3, -0.25) is 0 Å². The minimum atomic E-state index is 0.172. The van der Waals surface area contributed by atoms with Crippen molar-refractivity contribution >= 4 is 5.78 Å². The van der Waals surface area contributed by atoms with E-state index in [0.717, 1.165) is 12.8 Å². The second kappa shape index (κ2) is 9.42. The van der Waals surface area contributed by atoms with Crippen LogP contribution in [0.1, 0.15) is 56.4 Å². The largest absolute Gasteiger partial charge is 0.300 e. The summed E-state index contributed by atoms with van der Waals surface area (Å²) in [6.45, 7) is 12.2. The Morgan fingerprint density at radius 3 is 2.00 bits per heavy atom. The molecule has 0 atom stereocenters. The molecule has 0 fully saturated rings. The summed E-state index contributed by atoms with van der Waals surface area (Å²) in [5.41, 5.74) is 5.82. The van der Waals surface area contributed by atoms with Gasteiger partial charge in [0.25, 0.3) is 0 Å². The van der Waals surface area contributed by atoms with E-state index in [-0.39, 0.29) is 11.2 Å². The summed E-state index contributed by atoms with van der Waals surface area (Å²) in [6.07, 6.45) is 2.95. The van der Waals surface area contributed by atoms with Crippen LogP contribution in [0.4, 0.5) is 0 Å². The maximum Gasteiger partial charge on any atom is 0.130 e. The van der Waals surface area contributed by atoms with Gasteiger partial charge in [-0.15, -0.1) is 0 Å². The molecule has 130 valence electrons. The van der Waals surface area contributed by atoms with E-state index in [1.807, 2.05) is 0 Å². The molecule has 24 heavy (non-hydrogen) atoms. The molecule has 0 aromatic heterocycles. The molecule has 0 aliphatic heterocycles. The van der Waals surface area contributed by atoms with Crippen molar-refractivity contribution in [3.63, 3.8) is 0 Å². The molecule has 0 aliphatic rings. The number of hydrogen-bond acceptors (Lipinski definition) is 1.